The fourth-order valence-corrected chi connectivity index (χ4v) is 2.45. The molecule has 1 amide bonds. The summed E-state index contributed by atoms with van der Waals surface area (Å²) in [6, 6.07) is 16.5. The molecule has 0 saturated heterocycles. The summed E-state index contributed by atoms with van der Waals surface area (Å²) in [5, 5.41) is 5.77. The third-order valence-electron chi connectivity index (χ3n) is 3.99. The van der Waals surface area contributed by atoms with Crippen LogP contribution < -0.4 is 10.6 Å². The van der Waals surface area contributed by atoms with Gasteiger partial charge in [-0.1, -0.05) is 18.2 Å². The van der Waals surface area contributed by atoms with Gasteiger partial charge in [-0.15, -0.1) is 0 Å². The average molecular weight is 363 g/mol. The molecule has 3 aromatic rings. The van der Waals surface area contributed by atoms with Crippen molar-refractivity contribution in [2.24, 2.45) is 0 Å². The number of hydrogen-bond donors (Lipinski definition) is 2. The molecule has 0 spiro atoms. The van der Waals surface area contributed by atoms with E-state index in [2.05, 4.69) is 15.6 Å². The molecule has 0 radical (unpaired) electrons. The van der Waals surface area contributed by atoms with Crippen molar-refractivity contribution in [2.75, 3.05) is 10.6 Å². The van der Waals surface area contributed by atoms with Crippen LogP contribution in [0.4, 0.5) is 15.9 Å². The highest BCUT2D eigenvalue weighted by Crippen LogP contribution is 2.14. The Bertz CT molecular complexity index is 954. The number of benzene rings is 2. The maximum absolute atomic E-state index is 13.6. The van der Waals surface area contributed by atoms with Crippen LogP contribution in [0.3, 0.4) is 0 Å². The van der Waals surface area contributed by atoms with Gasteiger partial charge in [0.05, 0.1) is 5.56 Å². The van der Waals surface area contributed by atoms with Gasteiger partial charge < -0.3 is 10.6 Å². The van der Waals surface area contributed by atoms with E-state index in [4.69, 9.17) is 0 Å². The van der Waals surface area contributed by atoms with E-state index in [-0.39, 0.29) is 17.5 Å². The van der Waals surface area contributed by atoms with Crippen molar-refractivity contribution in [3.63, 3.8) is 0 Å². The van der Waals surface area contributed by atoms with Gasteiger partial charge in [0, 0.05) is 29.6 Å². The second-order valence-corrected chi connectivity index (χ2v) is 5.96. The molecule has 27 heavy (non-hydrogen) atoms. The topological polar surface area (TPSA) is 71.1 Å². The third kappa shape index (κ3) is 4.76. The Kier molecular flexibility index (Phi) is 5.56. The Balaban J connectivity index is 1.60. The first-order chi connectivity index (χ1) is 13.0. The second-order valence-electron chi connectivity index (χ2n) is 5.96. The SMILES string of the molecule is CC(=O)c1ccc(NC(=O)c2ccc(NCc3ccccc3F)nc2)cc1. The van der Waals surface area contributed by atoms with Crippen LogP contribution in [0, 0.1) is 5.82 Å². The Labute approximate surface area is 156 Å². The second kappa shape index (κ2) is 8.23. The lowest BCUT2D eigenvalue weighted by molar-refractivity contribution is 0.101. The van der Waals surface area contributed by atoms with Crippen LogP contribution in [0.5, 0.6) is 0 Å². The maximum Gasteiger partial charge on any atom is 0.257 e. The van der Waals surface area contributed by atoms with Gasteiger partial charge in [-0.05, 0) is 49.4 Å². The van der Waals surface area contributed by atoms with Crippen LogP contribution >= 0.6 is 0 Å². The Morgan fingerprint density at radius 3 is 2.30 bits per heavy atom. The van der Waals surface area contributed by atoms with E-state index in [0.717, 1.165) is 0 Å². The zero-order valence-corrected chi connectivity index (χ0v) is 14.7. The van der Waals surface area contributed by atoms with Crippen LogP contribution in [0.25, 0.3) is 0 Å². The lowest BCUT2D eigenvalue weighted by Gasteiger charge is -2.08. The fraction of sp³-hybridized carbons (Fsp3) is 0.0952. The van der Waals surface area contributed by atoms with E-state index >= 15 is 0 Å². The van der Waals surface area contributed by atoms with E-state index in [9.17, 15) is 14.0 Å². The lowest BCUT2D eigenvalue weighted by Crippen LogP contribution is -2.12. The first-order valence-corrected chi connectivity index (χ1v) is 8.38. The summed E-state index contributed by atoms with van der Waals surface area (Å²) in [5.41, 5.74) is 2.10. The quantitative estimate of drug-likeness (QED) is 0.641. The van der Waals surface area contributed by atoms with Crippen molar-refractivity contribution >= 4 is 23.2 Å². The van der Waals surface area contributed by atoms with Crippen molar-refractivity contribution in [1.82, 2.24) is 4.98 Å². The van der Waals surface area contributed by atoms with Crippen molar-refractivity contribution in [3.8, 4) is 0 Å². The molecule has 136 valence electrons. The molecule has 2 aromatic carbocycles. The number of rotatable bonds is 6. The minimum atomic E-state index is -0.307. The number of nitrogens with one attached hydrogen (secondary N) is 2. The molecule has 5 nitrogen and oxygen atoms in total. The first kappa shape index (κ1) is 18.3. The normalized spacial score (nSPS) is 10.3. The summed E-state index contributed by atoms with van der Waals surface area (Å²) < 4.78 is 13.6. The van der Waals surface area contributed by atoms with Crippen molar-refractivity contribution < 1.29 is 14.0 Å². The van der Waals surface area contributed by atoms with Gasteiger partial charge in [-0.2, -0.15) is 0 Å². The van der Waals surface area contributed by atoms with Gasteiger partial charge >= 0.3 is 0 Å². The minimum absolute atomic E-state index is 0.0319. The fourth-order valence-electron chi connectivity index (χ4n) is 2.45. The highest BCUT2D eigenvalue weighted by molar-refractivity contribution is 6.04. The smallest absolute Gasteiger partial charge is 0.257 e. The molecule has 1 aromatic heterocycles. The molecule has 0 aliphatic heterocycles. The first-order valence-electron chi connectivity index (χ1n) is 8.38. The van der Waals surface area contributed by atoms with Crippen LogP contribution in [0.15, 0.2) is 66.9 Å². The molecule has 0 atom stereocenters. The number of carbonyl (C=O) groups is 2. The number of amides is 1. The van der Waals surface area contributed by atoms with Crippen LogP contribution in [-0.4, -0.2) is 16.7 Å². The molecule has 2 N–H and O–H groups in total. The highest BCUT2D eigenvalue weighted by Gasteiger charge is 2.08. The third-order valence-corrected chi connectivity index (χ3v) is 3.99. The minimum Gasteiger partial charge on any atom is -0.366 e. The molecule has 0 aliphatic carbocycles. The number of carbonyl (C=O) groups excluding carboxylic acids is 2. The van der Waals surface area contributed by atoms with Crippen LogP contribution in [0.2, 0.25) is 0 Å². The predicted octanol–water partition coefficient (Wildman–Crippen LogP) is 4.29. The van der Waals surface area contributed by atoms with E-state index in [1.54, 1.807) is 54.6 Å². The molecule has 0 bridgehead atoms. The molecular formula is C21H18FN3O2. The summed E-state index contributed by atoms with van der Waals surface area (Å²) in [7, 11) is 0. The number of nitrogens with zero attached hydrogens (tertiary/aromatic N) is 1. The Morgan fingerprint density at radius 1 is 0.963 bits per heavy atom. The van der Waals surface area contributed by atoms with Crippen molar-refractivity contribution in [2.45, 2.75) is 13.5 Å². The largest absolute Gasteiger partial charge is 0.366 e. The lowest BCUT2D eigenvalue weighted by atomic mass is 10.1. The van der Waals surface area contributed by atoms with Gasteiger partial charge in [-0.3, -0.25) is 9.59 Å². The van der Waals surface area contributed by atoms with Gasteiger partial charge in [-0.25, -0.2) is 9.37 Å². The molecule has 0 unspecified atom stereocenters. The van der Waals surface area contributed by atoms with E-state index in [1.807, 2.05) is 0 Å². The van der Waals surface area contributed by atoms with Gasteiger partial charge in [0.2, 0.25) is 0 Å². The molecular weight excluding hydrogens is 345 g/mol. The molecule has 3 rings (SSSR count). The highest BCUT2D eigenvalue weighted by atomic mass is 19.1. The molecule has 0 aliphatic rings. The number of hydrogen-bond acceptors (Lipinski definition) is 4. The van der Waals surface area contributed by atoms with Gasteiger partial charge in [0.15, 0.2) is 5.78 Å². The van der Waals surface area contributed by atoms with Crippen LogP contribution in [-0.2, 0) is 6.54 Å². The average Bonchev–Trinajstić information content (AvgIpc) is 2.68. The Hall–Kier alpha value is -3.54. The number of ketones is 1. The van der Waals surface area contributed by atoms with E-state index in [1.165, 1.54) is 19.2 Å². The number of halogens is 1. The van der Waals surface area contributed by atoms with Crippen molar-refractivity contribution in [1.29, 1.82) is 0 Å². The van der Waals surface area contributed by atoms with E-state index in [0.29, 0.717) is 34.7 Å². The Morgan fingerprint density at radius 2 is 1.67 bits per heavy atom. The van der Waals surface area contributed by atoms with Crippen LogP contribution in [0.1, 0.15) is 33.2 Å². The zero-order valence-electron chi connectivity index (χ0n) is 14.7. The predicted molar refractivity (Wildman–Crippen MR) is 102 cm³/mol. The zero-order chi connectivity index (χ0) is 19.2. The number of Topliss-reactive ketones (excluding diaryl/α,β-unsaturated/α-hetero) is 1. The summed E-state index contributed by atoms with van der Waals surface area (Å²) in [6.07, 6.45) is 1.45. The summed E-state index contributed by atoms with van der Waals surface area (Å²) in [5.74, 6) is -0.0771. The maximum atomic E-state index is 13.6. The van der Waals surface area contributed by atoms with Crippen molar-refractivity contribution in [3.05, 3.63) is 89.4 Å². The molecule has 6 heteroatoms. The summed E-state index contributed by atoms with van der Waals surface area (Å²) >= 11 is 0. The van der Waals surface area contributed by atoms with Gasteiger partial charge in [0.1, 0.15) is 11.6 Å². The molecule has 0 fully saturated rings. The number of anilines is 2. The van der Waals surface area contributed by atoms with E-state index < -0.39 is 0 Å². The monoisotopic (exact) mass is 363 g/mol. The number of aromatic nitrogens is 1. The number of pyridine rings is 1. The standard InChI is InChI=1S/C21H18FN3O2/c1-14(26)15-6-9-18(10-7-15)25-21(27)17-8-11-20(24-13-17)23-12-16-4-2-3-5-19(16)22/h2-11,13H,12H2,1H3,(H,23,24)(H,25,27). The summed E-state index contributed by atoms with van der Waals surface area (Å²) in [6.45, 7) is 1.79. The molecule has 1 heterocycles. The molecule has 0 saturated carbocycles. The summed E-state index contributed by atoms with van der Waals surface area (Å²) in [4.78, 5) is 27.7. The van der Waals surface area contributed by atoms with Gasteiger partial charge in [0.25, 0.3) is 5.91 Å².